The third-order valence-electron chi connectivity index (χ3n) is 6.87. The van der Waals surface area contributed by atoms with Crippen LogP contribution in [0.1, 0.15) is 41.2 Å². The number of imidazole rings is 1. The lowest BCUT2D eigenvalue weighted by Crippen LogP contribution is -2.34. The van der Waals surface area contributed by atoms with E-state index in [1.54, 1.807) is 6.07 Å². The minimum Gasteiger partial charge on any atom is -0.487 e. The molecule has 2 aliphatic heterocycles. The van der Waals surface area contributed by atoms with E-state index in [0.29, 0.717) is 31.2 Å². The molecule has 1 aromatic heterocycles. The molecule has 182 valence electrons. The van der Waals surface area contributed by atoms with Crippen molar-refractivity contribution in [2.24, 2.45) is 0 Å². The number of nitrogens with one attached hydrogen (secondary N) is 1. The minimum absolute atomic E-state index is 0.0680. The van der Waals surface area contributed by atoms with Crippen molar-refractivity contribution in [3.8, 4) is 5.75 Å². The van der Waals surface area contributed by atoms with Crippen LogP contribution in [0.25, 0.3) is 11.0 Å². The molecule has 1 atom stereocenters. The van der Waals surface area contributed by atoms with Gasteiger partial charge in [-0.05, 0) is 56.5 Å². The van der Waals surface area contributed by atoms with E-state index in [0.717, 1.165) is 53.8 Å². The molecule has 0 spiro atoms. The standard InChI is InChI=1S/C27H31N5O3/c1-4-23(33)31-13-6-5-10-20(17-31)32-24-21(11-12-22-25(24)35-15-14-30(22)3)28-27(32)29-26(34)19-9-7-8-18(2)16-19/h4,7-9,11-12,16,20H,1,5-6,10,13-15,17H2,2-3H3,(H,28,29,34)/t20-/m1/s1. The zero-order valence-electron chi connectivity index (χ0n) is 20.3. The SMILES string of the molecule is C=CC(=O)N1CCCC[C@@H](n2c(NC(=O)c3cccc(C)c3)nc3ccc4c(c32)OCCN4C)C1. The van der Waals surface area contributed by atoms with Gasteiger partial charge in [-0.3, -0.25) is 14.9 Å². The van der Waals surface area contributed by atoms with Gasteiger partial charge in [-0.1, -0.05) is 24.3 Å². The van der Waals surface area contributed by atoms with Gasteiger partial charge in [-0.25, -0.2) is 4.98 Å². The Morgan fingerprint density at radius 2 is 2.06 bits per heavy atom. The second kappa shape index (κ2) is 9.44. The summed E-state index contributed by atoms with van der Waals surface area (Å²) in [7, 11) is 2.05. The molecule has 3 aromatic rings. The van der Waals surface area contributed by atoms with Gasteiger partial charge >= 0.3 is 0 Å². The van der Waals surface area contributed by atoms with E-state index in [2.05, 4.69) is 21.4 Å². The number of hydrogen-bond donors (Lipinski definition) is 1. The number of amides is 2. The molecular formula is C27H31N5O3. The fourth-order valence-electron chi connectivity index (χ4n) is 5.06. The Labute approximate surface area is 205 Å². The number of likely N-dealkylation sites (N-methyl/N-ethyl adjacent to an activating group) is 1. The molecule has 8 nitrogen and oxygen atoms in total. The predicted octanol–water partition coefficient (Wildman–Crippen LogP) is 4.17. The van der Waals surface area contributed by atoms with Gasteiger partial charge < -0.3 is 19.1 Å². The van der Waals surface area contributed by atoms with Gasteiger partial charge in [0, 0.05) is 25.7 Å². The van der Waals surface area contributed by atoms with Crippen LogP contribution < -0.4 is 15.0 Å². The van der Waals surface area contributed by atoms with E-state index >= 15 is 0 Å². The third-order valence-corrected chi connectivity index (χ3v) is 6.87. The molecule has 1 N–H and O–H groups in total. The number of likely N-dealkylation sites (tertiary alicyclic amines) is 1. The first-order valence-electron chi connectivity index (χ1n) is 12.1. The average Bonchev–Trinajstić information content (AvgIpc) is 3.04. The summed E-state index contributed by atoms with van der Waals surface area (Å²) in [6.07, 6.45) is 4.12. The van der Waals surface area contributed by atoms with E-state index in [9.17, 15) is 9.59 Å². The largest absolute Gasteiger partial charge is 0.487 e. The summed E-state index contributed by atoms with van der Waals surface area (Å²) < 4.78 is 8.25. The summed E-state index contributed by atoms with van der Waals surface area (Å²) in [5, 5.41) is 3.06. The van der Waals surface area contributed by atoms with Crippen LogP contribution in [0, 0.1) is 6.92 Å². The van der Waals surface area contributed by atoms with E-state index in [1.165, 1.54) is 6.08 Å². The Balaban J connectivity index is 1.63. The van der Waals surface area contributed by atoms with Crippen LogP contribution in [0.5, 0.6) is 5.75 Å². The highest BCUT2D eigenvalue weighted by Crippen LogP contribution is 2.41. The van der Waals surface area contributed by atoms with Gasteiger partial charge in [0.25, 0.3) is 5.91 Å². The summed E-state index contributed by atoms with van der Waals surface area (Å²) >= 11 is 0. The molecule has 0 bridgehead atoms. The van der Waals surface area contributed by atoms with Gasteiger partial charge in [0.15, 0.2) is 5.75 Å². The van der Waals surface area contributed by atoms with Gasteiger partial charge in [-0.2, -0.15) is 0 Å². The van der Waals surface area contributed by atoms with Crippen LogP contribution >= 0.6 is 0 Å². The normalized spacial score (nSPS) is 17.9. The number of hydrogen-bond acceptors (Lipinski definition) is 5. The maximum Gasteiger partial charge on any atom is 0.257 e. The lowest BCUT2D eigenvalue weighted by Gasteiger charge is -2.30. The van der Waals surface area contributed by atoms with Crippen LogP contribution in [-0.2, 0) is 4.79 Å². The Hall–Kier alpha value is -3.81. The van der Waals surface area contributed by atoms with Crippen molar-refractivity contribution in [1.29, 1.82) is 0 Å². The van der Waals surface area contributed by atoms with Crippen LogP contribution in [0.3, 0.4) is 0 Å². The van der Waals surface area contributed by atoms with Crippen LogP contribution in [0.4, 0.5) is 11.6 Å². The molecule has 0 unspecified atom stereocenters. The van der Waals surface area contributed by atoms with E-state index in [-0.39, 0.29) is 17.9 Å². The molecule has 1 fully saturated rings. The molecule has 8 heteroatoms. The van der Waals surface area contributed by atoms with Gasteiger partial charge in [0.05, 0.1) is 23.8 Å². The van der Waals surface area contributed by atoms with Gasteiger partial charge in [0.1, 0.15) is 12.1 Å². The van der Waals surface area contributed by atoms with Crippen molar-refractivity contribution in [2.75, 3.05) is 43.5 Å². The molecule has 2 aromatic carbocycles. The molecule has 2 aliphatic rings. The first-order chi connectivity index (χ1) is 17.0. The summed E-state index contributed by atoms with van der Waals surface area (Å²) in [6.45, 7) is 8.22. The van der Waals surface area contributed by atoms with Gasteiger partial charge in [0.2, 0.25) is 11.9 Å². The van der Waals surface area contributed by atoms with E-state index in [4.69, 9.17) is 9.72 Å². The third kappa shape index (κ3) is 4.36. The number of carbonyl (C=O) groups excluding carboxylic acids is 2. The first kappa shape index (κ1) is 23.0. The van der Waals surface area contributed by atoms with Crippen LogP contribution in [0.2, 0.25) is 0 Å². The predicted molar refractivity (Wildman–Crippen MR) is 137 cm³/mol. The summed E-state index contributed by atoms with van der Waals surface area (Å²) in [4.78, 5) is 34.6. The zero-order valence-corrected chi connectivity index (χ0v) is 20.3. The minimum atomic E-state index is -0.218. The molecule has 2 amide bonds. The molecule has 5 rings (SSSR count). The zero-order chi connectivity index (χ0) is 24.5. The maximum atomic E-state index is 13.2. The Kier molecular flexibility index (Phi) is 6.19. The Morgan fingerprint density at radius 3 is 2.86 bits per heavy atom. The Morgan fingerprint density at radius 1 is 1.20 bits per heavy atom. The lowest BCUT2D eigenvalue weighted by atomic mass is 10.1. The summed E-state index contributed by atoms with van der Waals surface area (Å²) in [5.41, 5.74) is 4.19. The summed E-state index contributed by atoms with van der Waals surface area (Å²) in [6, 6.07) is 11.4. The monoisotopic (exact) mass is 473 g/mol. The van der Waals surface area contributed by atoms with Crippen molar-refractivity contribution in [3.05, 3.63) is 60.2 Å². The number of nitrogens with zero attached hydrogens (tertiary/aromatic N) is 4. The molecule has 0 saturated carbocycles. The topological polar surface area (TPSA) is 79.7 Å². The van der Waals surface area contributed by atoms with Crippen LogP contribution in [-0.4, -0.2) is 59.6 Å². The fourth-order valence-corrected chi connectivity index (χ4v) is 5.06. The quantitative estimate of drug-likeness (QED) is 0.576. The van der Waals surface area contributed by atoms with E-state index in [1.807, 2.05) is 49.2 Å². The number of benzene rings is 2. The maximum absolute atomic E-state index is 13.2. The number of aromatic nitrogens is 2. The average molecular weight is 474 g/mol. The highest BCUT2D eigenvalue weighted by molar-refractivity contribution is 6.04. The van der Waals surface area contributed by atoms with Crippen molar-refractivity contribution in [2.45, 2.75) is 32.2 Å². The number of ether oxygens (including phenoxy) is 1. The number of carbonyl (C=O) groups is 2. The second-order valence-corrected chi connectivity index (χ2v) is 9.32. The second-order valence-electron chi connectivity index (χ2n) is 9.32. The van der Waals surface area contributed by atoms with Crippen molar-refractivity contribution in [3.63, 3.8) is 0 Å². The van der Waals surface area contributed by atoms with Crippen molar-refractivity contribution < 1.29 is 14.3 Å². The molecule has 35 heavy (non-hydrogen) atoms. The molecule has 1 saturated heterocycles. The molecular weight excluding hydrogens is 442 g/mol. The fraction of sp³-hybridized carbons (Fsp3) is 0.370. The molecule has 0 radical (unpaired) electrons. The van der Waals surface area contributed by atoms with Crippen molar-refractivity contribution in [1.82, 2.24) is 14.5 Å². The van der Waals surface area contributed by atoms with E-state index < -0.39 is 0 Å². The Bertz CT molecular complexity index is 1300. The van der Waals surface area contributed by atoms with Crippen molar-refractivity contribution >= 4 is 34.5 Å². The number of rotatable bonds is 4. The highest BCUT2D eigenvalue weighted by atomic mass is 16.5. The number of aryl methyl sites for hydroxylation is 1. The first-order valence-corrected chi connectivity index (χ1v) is 12.1. The van der Waals surface area contributed by atoms with Crippen LogP contribution in [0.15, 0.2) is 49.1 Å². The highest BCUT2D eigenvalue weighted by Gasteiger charge is 2.30. The molecule has 0 aliphatic carbocycles. The lowest BCUT2D eigenvalue weighted by molar-refractivity contribution is -0.126. The van der Waals surface area contributed by atoms with Gasteiger partial charge in [-0.15, -0.1) is 0 Å². The smallest absolute Gasteiger partial charge is 0.257 e. The number of anilines is 2. The number of fused-ring (bicyclic) bond motifs is 3. The summed E-state index contributed by atoms with van der Waals surface area (Å²) in [5.74, 6) is 0.940. The molecule has 3 heterocycles.